The highest BCUT2D eigenvalue weighted by Gasteiger charge is 2.27. The van der Waals surface area contributed by atoms with Crippen LogP contribution in [0.15, 0.2) is 0 Å². The molecule has 0 saturated heterocycles. The third-order valence-corrected chi connectivity index (χ3v) is 1.56. The summed E-state index contributed by atoms with van der Waals surface area (Å²) in [4.78, 5) is 33.7. The normalized spacial score (nSPS) is 12.8. The van der Waals surface area contributed by atoms with Gasteiger partial charge in [0.05, 0.1) is 12.6 Å². The van der Waals surface area contributed by atoms with Crippen molar-refractivity contribution in [3.05, 3.63) is 0 Å². The number of ketones is 1. The third-order valence-electron chi connectivity index (χ3n) is 1.56. The molecule has 16 heavy (non-hydrogen) atoms. The zero-order valence-electron chi connectivity index (χ0n) is 9.99. The van der Waals surface area contributed by atoms with Crippen molar-refractivity contribution in [2.24, 2.45) is 5.73 Å². The topological polar surface area (TPSA) is 98.5 Å². The number of Topliss-reactive ketones (excluding diaryl/α,β-unsaturated/α-hetero) is 1. The standard InChI is InChI=1S/C10H18N2O4/c1-6(12-7(13)5-11)8(14)9(15)16-10(2,3)4/h6H,5,11H2,1-4H3,(H,12,13)/t6-/m0/s1. The zero-order chi connectivity index (χ0) is 12.9. The van der Waals surface area contributed by atoms with Crippen LogP contribution in [0, 0.1) is 0 Å². The van der Waals surface area contributed by atoms with E-state index in [0.717, 1.165) is 0 Å². The van der Waals surface area contributed by atoms with Crippen LogP contribution >= 0.6 is 0 Å². The molecule has 6 nitrogen and oxygen atoms in total. The number of nitrogens with one attached hydrogen (secondary N) is 1. The van der Waals surface area contributed by atoms with Crippen LogP contribution in [0.4, 0.5) is 0 Å². The van der Waals surface area contributed by atoms with Crippen molar-refractivity contribution in [2.75, 3.05) is 6.54 Å². The van der Waals surface area contributed by atoms with Crippen LogP contribution in [0.5, 0.6) is 0 Å². The molecule has 0 aliphatic carbocycles. The Labute approximate surface area is 94.5 Å². The molecule has 0 unspecified atom stereocenters. The van der Waals surface area contributed by atoms with E-state index in [1.165, 1.54) is 6.92 Å². The Kier molecular flexibility index (Phi) is 5.10. The van der Waals surface area contributed by atoms with Gasteiger partial charge in [0.2, 0.25) is 5.91 Å². The molecule has 0 aliphatic rings. The molecular formula is C10H18N2O4. The number of ether oxygens (including phenoxy) is 1. The molecule has 92 valence electrons. The molecule has 0 rings (SSSR count). The van der Waals surface area contributed by atoms with E-state index in [-0.39, 0.29) is 6.54 Å². The summed E-state index contributed by atoms with van der Waals surface area (Å²) in [6, 6.07) is -0.925. The maximum Gasteiger partial charge on any atom is 0.377 e. The van der Waals surface area contributed by atoms with Crippen molar-refractivity contribution in [1.82, 2.24) is 5.32 Å². The molecule has 0 spiro atoms. The summed E-state index contributed by atoms with van der Waals surface area (Å²) in [7, 11) is 0. The second-order valence-corrected chi connectivity index (χ2v) is 4.36. The predicted octanol–water partition coefficient (Wildman–Crippen LogP) is -0.639. The number of rotatable bonds is 4. The van der Waals surface area contributed by atoms with Crippen LogP contribution in [0.2, 0.25) is 0 Å². The van der Waals surface area contributed by atoms with Gasteiger partial charge in [-0.2, -0.15) is 0 Å². The molecule has 0 heterocycles. The molecule has 0 fully saturated rings. The Morgan fingerprint density at radius 1 is 1.31 bits per heavy atom. The van der Waals surface area contributed by atoms with Gasteiger partial charge >= 0.3 is 5.97 Å². The third kappa shape index (κ3) is 5.45. The fourth-order valence-corrected chi connectivity index (χ4v) is 0.871. The van der Waals surface area contributed by atoms with Gasteiger partial charge < -0.3 is 15.8 Å². The van der Waals surface area contributed by atoms with Crippen LogP contribution in [0.3, 0.4) is 0 Å². The number of nitrogens with two attached hydrogens (primary N) is 1. The van der Waals surface area contributed by atoms with Crippen molar-refractivity contribution < 1.29 is 19.1 Å². The molecule has 0 aromatic carbocycles. The Balaban J connectivity index is 4.34. The van der Waals surface area contributed by atoms with Crippen molar-refractivity contribution >= 4 is 17.7 Å². The summed E-state index contributed by atoms with van der Waals surface area (Å²) in [5.41, 5.74) is 4.33. The van der Waals surface area contributed by atoms with Crippen LogP contribution in [0.1, 0.15) is 27.7 Å². The average molecular weight is 230 g/mol. The highest BCUT2D eigenvalue weighted by molar-refractivity contribution is 6.36. The van der Waals surface area contributed by atoms with Crippen LogP contribution in [-0.2, 0) is 19.1 Å². The molecule has 0 saturated carbocycles. The number of amides is 1. The number of carbonyl (C=O) groups is 3. The number of carbonyl (C=O) groups excluding carboxylic acids is 3. The zero-order valence-corrected chi connectivity index (χ0v) is 9.99. The minimum atomic E-state index is -0.961. The van der Waals surface area contributed by atoms with Crippen molar-refractivity contribution in [3.8, 4) is 0 Å². The lowest BCUT2D eigenvalue weighted by atomic mass is 10.1. The largest absolute Gasteiger partial charge is 0.454 e. The molecule has 0 radical (unpaired) electrons. The van der Waals surface area contributed by atoms with E-state index in [4.69, 9.17) is 10.5 Å². The van der Waals surface area contributed by atoms with Crippen molar-refractivity contribution in [1.29, 1.82) is 0 Å². The molecule has 6 heteroatoms. The Bertz CT molecular complexity index is 294. The van der Waals surface area contributed by atoms with Crippen molar-refractivity contribution in [2.45, 2.75) is 39.3 Å². The maximum absolute atomic E-state index is 11.4. The summed E-state index contributed by atoms with van der Waals surface area (Å²) >= 11 is 0. The van der Waals surface area contributed by atoms with Gasteiger partial charge in [-0.1, -0.05) is 0 Å². The van der Waals surface area contributed by atoms with Crippen molar-refractivity contribution in [3.63, 3.8) is 0 Å². The number of esters is 1. The first-order chi connectivity index (χ1) is 7.17. The van der Waals surface area contributed by atoms with Gasteiger partial charge in [0.1, 0.15) is 5.60 Å². The van der Waals surface area contributed by atoms with Gasteiger partial charge in [0, 0.05) is 0 Å². The highest BCUT2D eigenvalue weighted by atomic mass is 16.6. The van der Waals surface area contributed by atoms with E-state index in [0.29, 0.717) is 0 Å². The SMILES string of the molecule is C[C@H](NC(=O)CN)C(=O)C(=O)OC(C)(C)C. The smallest absolute Gasteiger partial charge is 0.377 e. The molecule has 0 aromatic heterocycles. The first-order valence-corrected chi connectivity index (χ1v) is 4.94. The van der Waals surface area contributed by atoms with E-state index in [2.05, 4.69) is 5.32 Å². The molecule has 0 aromatic rings. The van der Waals surface area contributed by atoms with Gasteiger partial charge in [-0.3, -0.25) is 9.59 Å². The maximum atomic E-state index is 11.4. The van der Waals surface area contributed by atoms with Crippen LogP contribution in [0.25, 0.3) is 0 Å². The number of hydrogen-bond acceptors (Lipinski definition) is 5. The second kappa shape index (κ2) is 5.60. The first kappa shape index (κ1) is 14.6. The lowest BCUT2D eigenvalue weighted by Crippen LogP contribution is -2.45. The van der Waals surface area contributed by atoms with Gasteiger partial charge in [-0.25, -0.2) is 4.79 Å². The van der Waals surface area contributed by atoms with E-state index >= 15 is 0 Å². The lowest BCUT2D eigenvalue weighted by Gasteiger charge is -2.20. The Hall–Kier alpha value is -1.43. The Morgan fingerprint density at radius 3 is 2.19 bits per heavy atom. The van der Waals surface area contributed by atoms with Gasteiger partial charge in [-0.05, 0) is 27.7 Å². The molecule has 1 atom stereocenters. The average Bonchev–Trinajstić information content (AvgIpc) is 2.13. The summed E-state index contributed by atoms with van der Waals surface area (Å²) in [5, 5.41) is 2.28. The minimum Gasteiger partial charge on any atom is -0.454 e. The molecule has 0 aliphatic heterocycles. The van der Waals surface area contributed by atoms with Gasteiger partial charge in [-0.15, -0.1) is 0 Å². The van der Waals surface area contributed by atoms with E-state index in [9.17, 15) is 14.4 Å². The van der Waals surface area contributed by atoms with E-state index in [1.807, 2.05) is 0 Å². The summed E-state index contributed by atoms with van der Waals surface area (Å²) < 4.78 is 4.86. The van der Waals surface area contributed by atoms with E-state index < -0.39 is 29.3 Å². The monoisotopic (exact) mass is 230 g/mol. The fraction of sp³-hybridized carbons (Fsp3) is 0.700. The minimum absolute atomic E-state index is 0.230. The summed E-state index contributed by atoms with van der Waals surface area (Å²) in [6.45, 7) is 6.13. The fourth-order valence-electron chi connectivity index (χ4n) is 0.871. The quantitative estimate of drug-likeness (QED) is 0.494. The van der Waals surface area contributed by atoms with Gasteiger partial charge in [0.25, 0.3) is 5.78 Å². The highest BCUT2D eigenvalue weighted by Crippen LogP contribution is 2.07. The predicted molar refractivity (Wildman–Crippen MR) is 57.5 cm³/mol. The Morgan fingerprint density at radius 2 is 1.81 bits per heavy atom. The number of hydrogen-bond donors (Lipinski definition) is 2. The molecule has 3 N–H and O–H groups in total. The van der Waals surface area contributed by atoms with Crippen LogP contribution < -0.4 is 11.1 Å². The summed E-state index contributed by atoms with van der Waals surface area (Å²) in [6.07, 6.45) is 0. The molecular weight excluding hydrogens is 212 g/mol. The second-order valence-electron chi connectivity index (χ2n) is 4.36. The molecule has 0 bridgehead atoms. The first-order valence-electron chi connectivity index (χ1n) is 4.94. The van der Waals surface area contributed by atoms with E-state index in [1.54, 1.807) is 20.8 Å². The summed E-state index contributed by atoms with van der Waals surface area (Å²) in [5.74, 6) is -2.25. The lowest BCUT2D eigenvalue weighted by molar-refractivity contribution is -0.163. The molecule has 1 amide bonds. The van der Waals surface area contributed by atoms with Crippen LogP contribution in [-0.4, -0.2) is 35.8 Å². The van der Waals surface area contributed by atoms with Gasteiger partial charge in [0.15, 0.2) is 0 Å².